The molecule has 0 aliphatic rings. The van der Waals surface area contributed by atoms with Crippen molar-refractivity contribution in [2.45, 2.75) is 4.90 Å². The van der Waals surface area contributed by atoms with Gasteiger partial charge in [-0.1, -0.05) is 18.2 Å². The van der Waals surface area contributed by atoms with Crippen LogP contribution in [-0.4, -0.2) is 34.7 Å². The van der Waals surface area contributed by atoms with Crippen LogP contribution >= 0.6 is 0 Å². The highest BCUT2D eigenvalue weighted by molar-refractivity contribution is 7.94. The summed E-state index contributed by atoms with van der Waals surface area (Å²) in [6.07, 6.45) is 3.34. The number of sulfone groups is 1. The lowest BCUT2D eigenvalue weighted by atomic mass is 10.2. The van der Waals surface area contributed by atoms with Crippen molar-refractivity contribution in [3.63, 3.8) is 0 Å². The minimum absolute atomic E-state index is 0.0584. The monoisotopic (exact) mass is 373 g/mol. The van der Waals surface area contributed by atoms with Crippen LogP contribution in [0, 0.1) is 0 Å². The van der Waals surface area contributed by atoms with Crippen molar-refractivity contribution in [3.05, 3.63) is 53.6 Å². The molecule has 0 aliphatic heterocycles. The van der Waals surface area contributed by atoms with Crippen LogP contribution in [0.4, 0.5) is 0 Å². The predicted molar refractivity (Wildman–Crippen MR) is 101 cm³/mol. The number of rotatable bonds is 6. The zero-order chi connectivity index (χ0) is 18.7. The maximum atomic E-state index is 12.8. The predicted octanol–water partition coefficient (Wildman–Crippen LogP) is 3.64. The van der Waals surface area contributed by atoms with Gasteiger partial charge >= 0.3 is 0 Å². The van der Waals surface area contributed by atoms with Gasteiger partial charge in [0.1, 0.15) is 0 Å². The number of H-pyrrole nitrogens is 1. The first-order chi connectivity index (χ1) is 12.5. The molecular formula is C19H19NO5S. The summed E-state index contributed by atoms with van der Waals surface area (Å²) < 4.78 is 41.2. The molecule has 26 heavy (non-hydrogen) atoms. The largest absolute Gasteiger partial charge is 0.493 e. The lowest BCUT2D eigenvalue weighted by Crippen LogP contribution is -2.01. The summed E-state index contributed by atoms with van der Waals surface area (Å²) in [7, 11) is 0.638. The first-order valence-corrected chi connectivity index (χ1v) is 9.34. The molecule has 0 radical (unpaired) electrons. The number of fused-ring (bicyclic) bond motifs is 1. The number of aromatic nitrogens is 1. The minimum atomic E-state index is -3.71. The molecule has 2 aromatic carbocycles. The van der Waals surface area contributed by atoms with Crippen molar-refractivity contribution < 1.29 is 22.6 Å². The Morgan fingerprint density at radius 2 is 1.62 bits per heavy atom. The van der Waals surface area contributed by atoms with Gasteiger partial charge in [0, 0.05) is 40.2 Å². The molecule has 0 saturated heterocycles. The van der Waals surface area contributed by atoms with Crippen molar-refractivity contribution in [1.29, 1.82) is 0 Å². The summed E-state index contributed by atoms with van der Waals surface area (Å²) in [5.41, 5.74) is 1.73. The average molecular weight is 373 g/mol. The molecule has 1 aromatic heterocycles. The first kappa shape index (κ1) is 17.9. The number of ether oxygens (including phenoxy) is 3. The molecular weight excluding hydrogens is 354 g/mol. The molecule has 136 valence electrons. The fourth-order valence-electron chi connectivity index (χ4n) is 2.69. The van der Waals surface area contributed by atoms with Crippen LogP contribution in [0.15, 0.2) is 52.9 Å². The molecule has 1 heterocycles. The van der Waals surface area contributed by atoms with E-state index in [9.17, 15) is 8.42 Å². The van der Waals surface area contributed by atoms with Crippen LogP contribution in [0.5, 0.6) is 17.2 Å². The van der Waals surface area contributed by atoms with Gasteiger partial charge in [0.15, 0.2) is 21.3 Å². The molecule has 3 aromatic rings. The maximum absolute atomic E-state index is 12.8. The number of para-hydroxylation sites is 1. The summed E-state index contributed by atoms with van der Waals surface area (Å²) >= 11 is 0. The first-order valence-electron chi connectivity index (χ1n) is 7.79. The molecule has 0 amide bonds. The number of aromatic amines is 1. The van der Waals surface area contributed by atoms with Crippen LogP contribution in [0.25, 0.3) is 17.0 Å². The van der Waals surface area contributed by atoms with Crippen molar-refractivity contribution >= 4 is 26.8 Å². The van der Waals surface area contributed by atoms with E-state index >= 15 is 0 Å². The third-order valence-electron chi connectivity index (χ3n) is 4.01. The van der Waals surface area contributed by atoms with Crippen LogP contribution in [0.3, 0.4) is 0 Å². The number of benzene rings is 2. The lowest BCUT2D eigenvalue weighted by molar-refractivity contribution is 0.323. The Morgan fingerprint density at radius 3 is 2.23 bits per heavy atom. The Hall–Kier alpha value is -2.93. The summed E-state index contributed by atoms with van der Waals surface area (Å²) in [5, 5.41) is 2.12. The van der Waals surface area contributed by atoms with Crippen LogP contribution in [-0.2, 0) is 9.84 Å². The highest BCUT2D eigenvalue weighted by Crippen LogP contribution is 2.39. The van der Waals surface area contributed by atoms with Crippen LogP contribution in [0.2, 0.25) is 0 Å². The molecule has 3 rings (SSSR count). The summed E-state index contributed by atoms with van der Waals surface area (Å²) in [6.45, 7) is 0. The molecule has 0 fully saturated rings. The quantitative estimate of drug-likeness (QED) is 0.714. The van der Waals surface area contributed by atoms with Crippen molar-refractivity contribution in [1.82, 2.24) is 4.98 Å². The van der Waals surface area contributed by atoms with Crippen molar-refractivity contribution in [2.75, 3.05) is 21.3 Å². The van der Waals surface area contributed by atoms with E-state index in [4.69, 9.17) is 14.2 Å². The molecule has 0 aliphatic carbocycles. The Balaban J connectivity index is 2.03. The van der Waals surface area contributed by atoms with Gasteiger partial charge in [0.25, 0.3) is 0 Å². The summed E-state index contributed by atoms with van der Waals surface area (Å²) in [4.78, 5) is 3.17. The van der Waals surface area contributed by atoms with E-state index in [1.807, 2.05) is 24.3 Å². The molecule has 6 nitrogen and oxygen atoms in total. The van der Waals surface area contributed by atoms with Gasteiger partial charge in [0.2, 0.25) is 5.75 Å². The second-order valence-electron chi connectivity index (χ2n) is 5.50. The summed E-state index contributed by atoms with van der Waals surface area (Å²) in [6, 6.07) is 10.5. The van der Waals surface area contributed by atoms with Gasteiger partial charge in [-0.15, -0.1) is 0 Å². The topological polar surface area (TPSA) is 77.6 Å². The molecule has 0 spiro atoms. The third-order valence-corrected chi connectivity index (χ3v) is 5.40. The zero-order valence-electron chi connectivity index (χ0n) is 14.6. The Labute approximate surface area is 151 Å². The Morgan fingerprint density at radius 1 is 0.962 bits per heavy atom. The van der Waals surface area contributed by atoms with Gasteiger partial charge in [-0.3, -0.25) is 0 Å². The van der Waals surface area contributed by atoms with E-state index < -0.39 is 9.84 Å². The Bertz CT molecular complexity index is 1040. The fraction of sp³-hybridized carbons (Fsp3) is 0.158. The van der Waals surface area contributed by atoms with Crippen LogP contribution < -0.4 is 14.2 Å². The highest BCUT2D eigenvalue weighted by atomic mass is 32.2. The summed E-state index contributed by atoms with van der Waals surface area (Å²) in [5.74, 6) is 0.909. The fourth-order valence-corrected chi connectivity index (χ4v) is 3.72. The number of hydrogen-bond donors (Lipinski definition) is 1. The van der Waals surface area contributed by atoms with E-state index in [1.165, 1.54) is 38.9 Å². The van der Waals surface area contributed by atoms with Gasteiger partial charge in [-0.05, 0) is 12.1 Å². The molecule has 0 atom stereocenters. The van der Waals surface area contributed by atoms with E-state index in [2.05, 4.69) is 4.98 Å². The van der Waals surface area contributed by atoms with Crippen LogP contribution in [0.1, 0.15) is 5.56 Å². The molecule has 0 saturated carbocycles. The third kappa shape index (κ3) is 3.25. The van der Waals surface area contributed by atoms with E-state index in [0.29, 0.717) is 5.75 Å². The van der Waals surface area contributed by atoms with Crippen molar-refractivity contribution in [3.8, 4) is 17.2 Å². The second-order valence-corrected chi connectivity index (χ2v) is 7.33. The molecule has 0 unspecified atom stereocenters. The van der Waals surface area contributed by atoms with Gasteiger partial charge in [-0.25, -0.2) is 8.42 Å². The number of hydrogen-bond acceptors (Lipinski definition) is 5. The molecule has 0 bridgehead atoms. The normalized spacial score (nSPS) is 11.8. The molecule has 1 N–H and O–H groups in total. The Kier molecular flexibility index (Phi) is 4.90. The smallest absolute Gasteiger partial charge is 0.203 e. The standard InChI is InChI=1S/C19H19NO5S/c1-23-17-10-14(11-18(24-2)19(17)25-3)26(21,22)9-8-13-12-20-16-7-5-4-6-15(13)16/h4-12,20H,1-3H3. The van der Waals surface area contributed by atoms with E-state index in [0.717, 1.165) is 16.5 Å². The second kappa shape index (κ2) is 7.13. The van der Waals surface area contributed by atoms with Gasteiger partial charge < -0.3 is 19.2 Å². The minimum Gasteiger partial charge on any atom is -0.493 e. The zero-order valence-corrected chi connectivity index (χ0v) is 15.5. The average Bonchev–Trinajstić information content (AvgIpc) is 3.08. The number of nitrogens with one attached hydrogen (secondary N) is 1. The maximum Gasteiger partial charge on any atom is 0.203 e. The van der Waals surface area contributed by atoms with E-state index in [-0.39, 0.29) is 16.4 Å². The molecule has 7 heteroatoms. The van der Waals surface area contributed by atoms with E-state index in [1.54, 1.807) is 12.3 Å². The highest BCUT2D eigenvalue weighted by Gasteiger charge is 2.19. The lowest BCUT2D eigenvalue weighted by Gasteiger charge is -2.13. The number of methoxy groups -OCH3 is 3. The van der Waals surface area contributed by atoms with Gasteiger partial charge in [-0.2, -0.15) is 0 Å². The van der Waals surface area contributed by atoms with Crippen molar-refractivity contribution in [2.24, 2.45) is 0 Å². The van der Waals surface area contributed by atoms with Gasteiger partial charge in [0.05, 0.1) is 26.2 Å². The SMILES string of the molecule is COc1cc(S(=O)(=O)C=Cc2c[nH]c3ccccc23)cc(OC)c1OC.